The number of sulfonamides is 1. The fraction of sp³-hybridized carbons (Fsp3) is 0.500. The molecule has 6 heteroatoms. The number of rotatable bonds is 7. The van der Waals surface area contributed by atoms with E-state index in [1.165, 1.54) is 0 Å². The highest BCUT2D eigenvalue weighted by atomic mass is 32.2. The lowest BCUT2D eigenvalue weighted by Gasteiger charge is -2.08. The van der Waals surface area contributed by atoms with Gasteiger partial charge in [-0.3, -0.25) is 0 Å². The van der Waals surface area contributed by atoms with Gasteiger partial charge in [0.25, 0.3) is 0 Å². The number of nitrogens with one attached hydrogen (secondary N) is 1. The van der Waals surface area contributed by atoms with E-state index in [0.29, 0.717) is 6.42 Å². The standard InChI is InChI=1S/C12H17F2NO2S/c1-2-3-4-5-9-15-18(16,17)12-10(13)7-6-8-11(12)14/h6-8,15H,2-5,9H2,1H3. The first kappa shape index (κ1) is 15.0. The van der Waals surface area contributed by atoms with Crippen molar-refractivity contribution in [1.29, 1.82) is 0 Å². The quantitative estimate of drug-likeness (QED) is 0.779. The van der Waals surface area contributed by atoms with Gasteiger partial charge in [-0.15, -0.1) is 0 Å². The van der Waals surface area contributed by atoms with E-state index < -0.39 is 26.6 Å². The minimum absolute atomic E-state index is 0.191. The van der Waals surface area contributed by atoms with Crippen LogP contribution in [-0.4, -0.2) is 15.0 Å². The van der Waals surface area contributed by atoms with Crippen molar-refractivity contribution in [3.8, 4) is 0 Å². The number of benzene rings is 1. The molecule has 0 spiro atoms. The lowest BCUT2D eigenvalue weighted by molar-refractivity contribution is 0.512. The second kappa shape index (κ2) is 6.80. The van der Waals surface area contributed by atoms with Crippen LogP contribution in [0.1, 0.15) is 32.6 Å². The van der Waals surface area contributed by atoms with E-state index in [9.17, 15) is 17.2 Å². The van der Waals surface area contributed by atoms with Crippen LogP contribution in [0.5, 0.6) is 0 Å². The van der Waals surface area contributed by atoms with E-state index in [1.807, 2.05) is 6.92 Å². The van der Waals surface area contributed by atoms with Gasteiger partial charge in [0.15, 0.2) is 4.90 Å². The highest BCUT2D eigenvalue weighted by molar-refractivity contribution is 7.89. The molecule has 0 aliphatic heterocycles. The Morgan fingerprint density at radius 1 is 1.11 bits per heavy atom. The fourth-order valence-corrected chi connectivity index (χ4v) is 2.78. The molecule has 0 bridgehead atoms. The number of hydrogen-bond donors (Lipinski definition) is 1. The predicted octanol–water partition coefficient (Wildman–Crippen LogP) is 2.82. The van der Waals surface area contributed by atoms with E-state index >= 15 is 0 Å². The van der Waals surface area contributed by atoms with E-state index in [0.717, 1.165) is 37.5 Å². The van der Waals surface area contributed by atoms with Crippen molar-refractivity contribution in [3.63, 3.8) is 0 Å². The molecule has 0 saturated heterocycles. The molecule has 0 saturated carbocycles. The number of unbranched alkanes of at least 4 members (excludes halogenated alkanes) is 3. The Kier molecular flexibility index (Phi) is 5.68. The predicted molar refractivity (Wildman–Crippen MR) is 65.7 cm³/mol. The van der Waals surface area contributed by atoms with E-state index in [2.05, 4.69) is 4.72 Å². The Balaban J connectivity index is 2.69. The fourth-order valence-electron chi connectivity index (χ4n) is 1.57. The van der Waals surface area contributed by atoms with Crippen molar-refractivity contribution < 1.29 is 17.2 Å². The van der Waals surface area contributed by atoms with Gasteiger partial charge in [0, 0.05) is 6.54 Å². The Morgan fingerprint density at radius 3 is 2.28 bits per heavy atom. The summed E-state index contributed by atoms with van der Waals surface area (Å²) in [5, 5.41) is 0. The smallest absolute Gasteiger partial charge is 0.211 e. The lowest BCUT2D eigenvalue weighted by atomic mass is 10.2. The molecule has 0 fully saturated rings. The average molecular weight is 277 g/mol. The summed E-state index contributed by atoms with van der Waals surface area (Å²) >= 11 is 0. The zero-order chi connectivity index (χ0) is 13.6. The molecule has 0 amide bonds. The van der Waals surface area contributed by atoms with Gasteiger partial charge >= 0.3 is 0 Å². The van der Waals surface area contributed by atoms with Crippen LogP contribution in [0.2, 0.25) is 0 Å². The van der Waals surface area contributed by atoms with Crippen molar-refractivity contribution in [1.82, 2.24) is 4.72 Å². The van der Waals surface area contributed by atoms with Gasteiger partial charge in [-0.05, 0) is 18.6 Å². The van der Waals surface area contributed by atoms with E-state index in [-0.39, 0.29) is 6.54 Å². The summed E-state index contributed by atoms with van der Waals surface area (Å²) in [5.74, 6) is -2.15. The molecular formula is C12H17F2NO2S. The van der Waals surface area contributed by atoms with Crippen LogP contribution in [-0.2, 0) is 10.0 Å². The van der Waals surface area contributed by atoms with E-state index in [4.69, 9.17) is 0 Å². The average Bonchev–Trinajstić information content (AvgIpc) is 2.28. The van der Waals surface area contributed by atoms with E-state index in [1.54, 1.807) is 0 Å². The minimum atomic E-state index is -4.11. The summed E-state index contributed by atoms with van der Waals surface area (Å²) in [7, 11) is -4.11. The van der Waals surface area contributed by atoms with Crippen LogP contribution < -0.4 is 4.72 Å². The first-order valence-corrected chi connectivity index (χ1v) is 7.41. The largest absolute Gasteiger partial charge is 0.246 e. The maximum atomic E-state index is 13.3. The number of hydrogen-bond acceptors (Lipinski definition) is 2. The van der Waals surface area contributed by atoms with Crippen molar-refractivity contribution in [2.24, 2.45) is 0 Å². The monoisotopic (exact) mass is 277 g/mol. The van der Waals surface area contributed by atoms with Gasteiger partial charge in [0.1, 0.15) is 11.6 Å². The van der Waals surface area contributed by atoms with Crippen molar-refractivity contribution in [3.05, 3.63) is 29.8 Å². The Labute approximate surface area is 106 Å². The van der Waals surface area contributed by atoms with Crippen molar-refractivity contribution >= 4 is 10.0 Å². The SMILES string of the molecule is CCCCCCNS(=O)(=O)c1c(F)cccc1F. The van der Waals surface area contributed by atoms with Gasteiger partial charge in [-0.1, -0.05) is 32.3 Å². The molecule has 1 N–H and O–H groups in total. The highest BCUT2D eigenvalue weighted by Crippen LogP contribution is 2.17. The third kappa shape index (κ3) is 4.03. The van der Waals surface area contributed by atoms with Gasteiger partial charge in [0.2, 0.25) is 10.0 Å². The van der Waals surface area contributed by atoms with Gasteiger partial charge < -0.3 is 0 Å². The molecule has 0 heterocycles. The summed E-state index contributed by atoms with van der Waals surface area (Å²) in [6.45, 7) is 2.23. The van der Waals surface area contributed by atoms with Crippen LogP contribution in [0, 0.1) is 11.6 Å². The first-order valence-electron chi connectivity index (χ1n) is 5.92. The maximum Gasteiger partial charge on any atom is 0.246 e. The Hall–Kier alpha value is -1.01. The normalized spacial score (nSPS) is 11.7. The summed E-state index contributed by atoms with van der Waals surface area (Å²) in [4.78, 5) is -0.902. The molecule has 0 aliphatic carbocycles. The van der Waals surface area contributed by atoms with Gasteiger partial charge in [-0.25, -0.2) is 21.9 Å². The summed E-state index contributed by atoms with van der Waals surface area (Å²) in [6.07, 6.45) is 3.59. The molecule has 0 unspecified atom stereocenters. The Morgan fingerprint density at radius 2 is 1.72 bits per heavy atom. The molecule has 0 aromatic heterocycles. The molecule has 18 heavy (non-hydrogen) atoms. The van der Waals surface area contributed by atoms with Crippen molar-refractivity contribution in [2.75, 3.05) is 6.54 Å². The third-order valence-corrected chi connectivity index (χ3v) is 4.02. The molecular weight excluding hydrogens is 260 g/mol. The van der Waals surface area contributed by atoms with Crippen LogP contribution in [0.3, 0.4) is 0 Å². The summed E-state index contributed by atoms with van der Waals surface area (Å²) < 4.78 is 52.3. The molecule has 0 atom stereocenters. The summed E-state index contributed by atoms with van der Waals surface area (Å²) in [5.41, 5.74) is 0. The van der Waals surface area contributed by atoms with Crippen LogP contribution in [0.15, 0.2) is 23.1 Å². The molecule has 0 radical (unpaired) electrons. The van der Waals surface area contributed by atoms with Crippen LogP contribution in [0.25, 0.3) is 0 Å². The maximum absolute atomic E-state index is 13.3. The van der Waals surface area contributed by atoms with Crippen LogP contribution in [0.4, 0.5) is 8.78 Å². The lowest BCUT2D eigenvalue weighted by Crippen LogP contribution is -2.26. The molecule has 1 rings (SSSR count). The molecule has 1 aromatic carbocycles. The second-order valence-corrected chi connectivity index (χ2v) is 5.71. The second-order valence-electron chi connectivity index (χ2n) is 4.01. The topological polar surface area (TPSA) is 46.2 Å². The number of halogens is 2. The first-order chi connectivity index (χ1) is 8.49. The van der Waals surface area contributed by atoms with Gasteiger partial charge in [0.05, 0.1) is 0 Å². The molecule has 102 valence electrons. The zero-order valence-electron chi connectivity index (χ0n) is 10.2. The molecule has 1 aromatic rings. The van der Waals surface area contributed by atoms with Crippen molar-refractivity contribution in [2.45, 2.75) is 37.5 Å². The van der Waals surface area contributed by atoms with Crippen LogP contribution >= 0.6 is 0 Å². The summed E-state index contributed by atoms with van der Waals surface area (Å²) in [6, 6.07) is 2.98. The molecule has 3 nitrogen and oxygen atoms in total. The minimum Gasteiger partial charge on any atom is -0.211 e. The zero-order valence-corrected chi connectivity index (χ0v) is 11.1. The Bertz CT molecular complexity index is 469. The highest BCUT2D eigenvalue weighted by Gasteiger charge is 2.22. The molecule has 0 aliphatic rings. The third-order valence-electron chi connectivity index (χ3n) is 2.51. The van der Waals surface area contributed by atoms with Gasteiger partial charge in [-0.2, -0.15) is 0 Å².